The van der Waals surface area contributed by atoms with Gasteiger partial charge < -0.3 is 8.98 Å². The number of hydrogen-bond acceptors (Lipinski definition) is 1. The minimum absolute atomic E-state index is 0.918. The third-order valence-corrected chi connectivity index (χ3v) is 8.77. The Morgan fingerprint density at radius 1 is 0.476 bits per heavy atom. The summed E-state index contributed by atoms with van der Waals surface area (Å²) < 4.78 is 8.94. The maximum atomic E-state index is 6.49. The Kier molecular flexibility index (Phi) is 5.75. The van der Waals surface area contributed by atoms with E-state index in [1.165, 1.54) is 49.7 Å². The molecule has 8 rings (SSSR count). The van der Waals surface area contributed by atoms with Gasteiger partial charge in [0, 0.05) is 32.7 Å². The van der Waals surface area contributed by atoms with E-state index in [4.69, 9.17) is 4.42 Å². The maximum absolute atomic E-state index is 6.49. The summed E-state index contributed by atoms with van der Waals surface area (Å²) in [6, 6.07) is 46.3. The van der Waals surface area contributed by atoms with E-state index < -0.39 is 0 Å². The van der Waals surface area contributed by atoms with Gasteiger partial charge in [-0.25, -0.2) is 0 Å². The van der Waals surface area contributed by atoms with Gasteiger partial charge in [-0.15, -0.1) is 0 Å². The van der Waals surface area contributed by atoms with Crippen LogP contribution in [0, 0.1) is 0 Å². The van der Waals surface area contributed by atoms with E-state index in [2.05, 4.69) is 140 Å². The van der Waals surface area contributed by atoms with Gasteiger partial charge in [0.1, 0.15) is 11.2 Å². The lowest BCUT2D eigenvalue weighted by atomic mass is 9.92. The predicted molar refractivity (Wildman–Crippen MR) is 178 cm³/mol. The summed E-state index contributed by atoms with van der Waals surface area (Å²) >= 11 is 0. The zero-order valence-electron chi connectivity index (χ0n) is 23.9. The van der Waals surface area contributed by atoms with E-state index in [0.29, 0.717) is 0 Å². The summed E-state index contributed by atoms with van der Waals surface area (Å²) in [5.41, 5.74) is 12.9. The quantitative estimate of drug-likeness (QED) is 0.212. The third-order valence-electron chi connectivity index (χ3n) is 8.77. The highest BCUT2D eigenvalue weighted by Gasteiger charge is 2.19. The molecule has 202 valence electrons. The fourth-order valence-electron chi connectivity index (χ4n) is 6.63. The van der Waals surface area contributed by atoms with E-state index in [1.54, 1.807) is 0 Å². The van der Waals surface area contributed by atoms with Crippen LogP contribution in [-0.2, 0) is 12.8 Å². The molecule has 0 atom stereocenters. The number of aromatic nitrogens is 1. The number of hydrogen-bond donors (Lipinski definition) is 0. The van der Waals surface area contributed by atoms with Crippen molar-refractivity contribution < 1.29 is 4.42 Å². The Labute approximate surface area is 245 Å². The summed E-state index contributed by atoms with van der Waals surface area (Å²) in [5.74, 6) is 0. The van der Waals surface area contributed by atoms with Gasteiger partial charge in [-0.1, -0.05) is 105 Å². The maximum Gasteiger partial charge on any atom is 0.143 e. The first-order chi connectivity index (χ1) is 20.7. The van der Waals surface area contributed by atoms with Crippen LogP contribution in [0.3, 0.4) is 0 Å². The molecule has 2 aromatic heterocycles. The molecule has 0 aliphatic heterocycles. The molecule has 0 radical (unpaired) electrons. The van der Waals surface area contributed by atoms with Gasteiger partial charge >= 0.3 is 0 Å². The lowest BCUT2D eigenvalue weighted by Gasteiger charge is -2.17. The third kappa shape index (κ3) is 3.72. The second kappa shape index (κ2) is 9.78. The first-order valence-corrected chi connectivity index (χ1v) is 14.9. The highest BCUT2D eigenvalue weighted by atomic mass is 16.3. The minimum Gasteiger partial charge on any atom is -0.455 e. The van der Waals surface area contributed by atoms with Crippen LogP contribution in [0.25, 0.3) is 71.7 Å². The summed E-state index contributed by atoms with van der Waals surface area (Å²) in [6.45, 7) is 4.46. The number of benzene rings is 6. The van der Waals surface area contributed by atoms with E-state index in [9.17, 15) is 0 Å². The van der Waals surface area contributed by atoms with Crippen LogP contribution >= 0.6 is 0 Å². The standard InChI is InChI=1S/C40H31NO/c1-3-26-20-22-37-34(24-26)35-25-27(4-2)21-23-38(35)41(37)36-18-9-7-14-30(36)28-12-5-6-13-29(28)32-16-11-17-33-31-15-8-10-19-39(31)42-40(32)33/h5-25H,3-4H2,1-2H3. The molecule has 0 aliphatic carbocycles. The molecule has 2 heteroatoms. The highest BCUT2D eigenvalue weighted by molar-refractivity contribution is 6.12. The zero-order valence-corrected chi connectivity index (χ0v) is 23.9. The monoisotopic (exact) mass is 541 g/mol. The topological polar surface area (TPSA) is 18.1 Å². The van der Waals surface area contributed by atoms with Crippen LogP contribution in [0.4, 0.5) is 0 Å². The lowest BCUT2D eigenvalue weighted by molar-refractivity contribution is 0.670. The molecule has 0 amide bonds. The first-order valence-electron chi connectivity index (χ1n) is 14.9. The molecular formula is C40H31NO. The Balaban J connectivity index is 1.41. The second-order valence-corrected chi connectivity index (χ2v) is 11.1. The summed E-state index contributed by atoms with van der Waals surface area (Å²) in [4.78, 5) is 0. The Bertz CT molecular complexity index is 2220. The van der Waals surface area contributed by atoms with Gasteiger partial charge in [0.05, 0.1) is 16.7 Å². The van der Waals surface area contributed by atoms with Crippen molar-refractivity contribution in [3.8, 4) is 27.9 Å². The summed E-state index contributed by atoms with van der Waals surface area (Å²) in [6.07, 6.45) is 2.04. The second-order valence-electron chi connectivity index (χ2n) is 11.1. The van der Waals surface area contributed by atoms with Crippen LogP contribution in [0.2, 0.25) is 0 Å². The van der Waals surface area contributed by atoms with E-state index in [-0.39, 0.29) is 0 Å². The van der Waals surface area contributed by atoms with Gasteiger partial charge in [-0.2, -0.15) is 0 Å². The fraction of sp³-hybridized carbons (Fsp3) is 0.100. The van der Waals surface area contributed by atoms with E-state index >= 15 is 0 Å². The molecule has 0 fully saturated rings. The Morgan fingerprint density at radius 3 is 1.71 bits per heavy atom. The first kappa shape index (κ1) is 24.7. The SMILES string of the molecule is CCc1ccc2c(c1)c1cc(CC)ccc1n2-c1ccccc1-c1ccccc1-c1cccc2c1oc1ccccc12. The number of fused-ring (bicyclic) bond motifs is 6. The molecule has 2 heterocycles. The van der Waals surface area contributed by atoms with Crippen molar-refractivity contribution in [2.45, 2.75) is 26.7 Å². The Hall–Kier alpha value is -5.08. The lowest BCUT2D eigenvalue weighted by Crippen LogP contribution is -1.98. The average molecular weight is 542 g/mol. The normalized spacial score (nSPS) is 11.8. The number of para-hydroxylation sites is 3. The molecule has 6 aromatic carbocycles. The molecule has 2 nitrogen and oxygen atoms in total. The predicted octanol–water partition coefficient (Wildman–Crippen LogP) is 11.1. The average Bonchev–Trinajstić information content (AvgIpc) is 3.59. The van der Waals surface area contributed by atoms with Crippen molar-refractivity contribution in [1.29, 1.82) is 0 Å². The van der Waals surface area contributed by atoms with Crippen LogP contribution in [-0.4, -0.2) is 4.57 Å². The molecule has 0 spiro atoms. The van der Waals surface area contributed by atoms with E-state index in [0.717, 1.165) is 45.9 Å². The van der Waals surface area contributed by atoms with Crippen molar-refractivity contribution in [1.82, 2.24) is 4.57 Å². The number of nitrogens with zero attached hydrogens (tertiary/aromatic N) is 1. The van der Waals surface area contributed by atoms with Crippen molar-refractivity contribution in [2.24, 2.45) is 0 Å². The molecule has 8 aromatic rings. The molecule has 0 saturated heterocycles. The number of furan rings is 1. The molecular weight excluding hydrogens is 510 g/mol. The van der Waals surface area contributed by atoms with Crippen molar-refractivity contribution in [3.05, 3.63) is 139 Å². The highest BCUT2D eigenvalue weighted by Crippen LogP contribution is 2.43. The molecule has 0 aliphatic rings. The van der Waals surface area contributed by atoms with Crippen molar-refractivity contribution in [2.75, 3.05) is 0 Å². The van der Waals surface area contributed by atoms with Crippen LogP contribution in [0.5, 0.6) is 0 Å². The largest absolute Gasteiger partial charge is 0.455 e. The zero-order chi connectivity index (χ0) is 28.2. The minimum atomic E-state index is 0.918. The molecule has 0 unspecified atom stereocenters. The van der Waals surface area contributed by atoms with Gasteiger partial charge in [0.2, 0.25) is 0 Å². The summed E-state index contributed by atoms with van der Waals surface area (Å²) in [7, 11) is 0. The molecule has 0 bridgehead atoms. The molecule has 0 N–H and O–H groups in total. The van der Waals surface area contributed by atoms with Gasteiger partial charge in [0.15, 0.2) is 0 Å². The molecule has 42 heavy (non-hydrogen) atoms. The van der Waals surface area contributed by atoms with Crippen LogP contribution < -0.4 is 0 Å². The van der Waals surface area contributed by atoms with Gasteiger partial charge in [-0.3, -0.25) is 0 Å². The summed E-state index contributed by atoms with van der Waals surface area (Å²) in [5, 5.41) is 4.92. The van der Waals surface area contributed by atoms with Gasteiger partial charge in [0.25, 0.3) is 0 Å². The fourth-order valence-corrected chi connectivity index (χ4v) is 6.63. The number of rotatable bonds is 5. The van der Waals surface area contributed by atoms with Crippen LogP contribution in [0.15, 0.2) is 132 Å². The Morgan fingerprint density at radius 2 is 1.02 bits per heavy atom. The van der Waals surface area contributed by atoms with Crippen LogP contribution in [0.1, 0.15) is 25.0 Å². The number of aryl methyl sites for hydroxylation is 2. The van der Waals surface area contributed by atoms with Crippen molar-refractivity contribution in [3.63, 3.8) is 0 Å². The molecule has 0 saturated carbocycles. The van der Waals surface area contributed by atoms with Gasteiger partial charge in [-0.05, 0) is 71.5 Å². The smallest absolute Gasteiger partial charge is 0.143 e. The van der Waals surface area contributed by atoms with Crippen molar-refractivity contribution >= 4 is 43.7 Å². The van der Waals surface area contributed by atoms with E-state index in [1.807, 2.05) is 6.07 Å².